The summed E-state index contributed by atoms with van der Waals surface area (Å²) in [4.78, 5) is -0.343. The lowest BCUT2D eigenvalue weighted by atomic mass is 10.2. The van der Waals surface area contributed by atoms with Gasteiger partial charge in [0.25, 0.3) is 10.0 Å². The van der Waals surface area contributed by atoms with E-state index in [1.54, 1.807) is 30.3 Å². The van der Waals surface area contributed by atoms with Crippen molar-refractivity contribution in [3.05, 3.63) is 66.2 Å². The number of hydrogen-bond donors (Lipinski definition) is 1. The molecule has 0 amide bonds. The van der Waals surface area contributed by atoms with Gasteiger partial charge in [0, 0.05) is 5.69 Å². The molecule has 2 aromatic rings. The third-order valence-corrected chi connectivity index (χ3v) is 3.98. The van der Waals surface area contributed by atoms with Crippen molar-refractivity contribution in [1.82, 2.24) is 0 Å². The first-order valence-corrected chi connectivity index (χ1v) is 7.11. The van der Waals surface area contributed by atoms with Crippen LogP contribution in [0.5, 0.6) is 0 Å². The predicted octanol–water partition coefficient (Wildman–Crippen LogP) is 3.41. The predicted molar refractivity (Wildman–Crippen MR) is 73.7 cm³/mol. The molecule has 1 N–H and O–H groups in total. The highest BCUT2D eigenvalue weighted by molar-refractivity contribution is 7.92. The molecule has 0 saturated heterocycles. The zero-order valence-corrected chi connectivity index (χ0v) is 11.1. The van der Waals surface area contributed by atoms with E-state index in [9.17, 15) is 17.2 Å². The van der Waals surface area contributed by atoms with Gasteiger partial charge in [-0.05, 0) is 35.9 Å². The van der Waals surface area contributed by atoms with Gasteiger partial charge in [-0.3, -0.25) is 4.72 Å². The molecule has 0 aliphatic carbocycles. The molecule has 2 rings (SSSR count). The third-order valence-electron chi connectivity index (χ3n) is 2.60. The second kappa shape index (κ2) is 5.42. The summed E-state index contributed by atoms with van der Waals surface area (Å²) in [5.41, 5.74) is 1.15. The monoisotopic (exact) mass is 295 g/mol. The van der Waals surface area contributed by atoms with E-state index in [2.05, 4.69) is 11.3 Å². The van der Waals surface area contributed by atoms with Crippen LogP contribution in [0.1, 0.15) is 5.56 Å². The summed E-state index contributed by atoms with van der Waals surface area (Å²) < 4.78 is 52.1. The van der Waals surface area contributed by atoms with Crippen molar-refractivity contribution in [3.8, 4) is 0 Å². The third kappa shape index (κ3) is 3.03. The van der Waals surface area contributed by atoms with E-state index in [1.165, 1.54) is 0 Å². The van der Waals surface area contributed by atoms with E-state index in [1.807, 2.05) is 0 Å². The fourth-order valence-electron chi connectivity index (χ4n) is 1.55. The molecule has 0 bridgehead atoms. The quantitative estimate of drug-likeness (QED) is 0.939. The molecule has 0 saturated carbocycles. The van der Waals surface area contributed by atoms with Crippen LogP contribution in [-0.4, -0.2) is 8.42 Å². The molecule has 6 heteroatoms. The fraction of sp³-hybridized carbons (Fsp3) is 0. The van der Waals surface area contributed by atoms with Crippen LogP contribution in [-0.2, 0) is 10.0 Å². The molecule has 0 radical (unpaired) electrons. The van der Waals surface area contributed by atoms with Crippen molar-refractivity contribution in [2.45, 2.75) is 4.90 Å². The van der Waals surface area contributed by atoms with Gasteiger partial charge in [0.1, 0.15) is 0 Å². The van der Waals surface area contributed by atoms with E-state index in [-0.39, 0.29) is 4.90 Å². The molecule has 0 aliphatic rings. The molecule has 0 atom stereocenters. The normalized spacial score (nSPS) is 11.1. The molecular weight excluding hydrogens is 284 g/mol. The minimum absolute atomic E-state index is 0.320. The van der Waals surface area contributed by atoms with E-state index >= 15 is 0 Å². The molecule has 0 aromatic heterocycles. The summed E-state index contributed by atoms with van der Waals surface area (Å²) in [6.07, 6.45) is 1.62. The number of benzene rings is 2. The SMILES string of the molecule is C=Cc1ccc(NS(=O)(=O)c2ccc(F)c(F)c2)cc1. The second-order valence-corrected chi connectivity index (χ2v) is 5.69. The van der Waals surface area contributed by atoms with Gasteiger partial charge in [-0.25, -0.2) is 17.2 Å². The lowest BCUT2D eigenvalue weighted by Gasteiger charge is -2.08. The lowest BCUT2D eigenvalue weighted by Crippen LogP contribution is -2.13. The van der Waals surface area contributed by atoms with Crippen LogP contribution in [0.3, 0.4) is 0 Å². The first-order chi connectivity index (χ1) is 9.42. The Morgan fingerprint density at radius 3 is 2.20 bits per heavy atom. The Morgan fingerprint density at radius 1 is 1.00 bits per heavy atom. The zero-order chi connectivity index (χ0) is 14.8. The van der Waals surface area contributed by atoms with Crippen molar-refractivity contribution >= 4 is 21.8 Å². The lowest BCUT2D eigenvalue weighted by molar-refractivity contribution is 0.504. The minimum Gasteiger partial charge on any atom is -0.280 e. The maximum Gasteiger partial charge on any atom is 0.261 e. The summed E-state index contributed by atoms with van der Waals surface area (Å²) >= 11 is 0. The van der Waals surface area contributed by atoms with Crippen molar-refractivity contribution in [2.75, 3.05) is 4.72 Å². The van der Waals surface area contributed by atoms with Crippen LogP contribution in [0.4, 0.5) is 14.5 Å². The van der Waals surface area contributed by atoms with Crippen molar-refractivity contribution < 1.29 is 17.2 Å². The number of rotatable bonds is 4. The molecule has 2 aromatic carbocycles. The van der Waals surface area contributed by atoms with Gasteiger partial charge >= 0.3 is 0 Å². The largest absolute Gasteiger partial charge is 0.280 e. The van der Waals surface area contributed by atoms with E-state index in [0.717, 1.165) is 17.7 Å². The van der Waals surface area contributed by atoms with E-state index in [0.29, 0.717) is 11.8 Å². The Balaban J connectivity index is 2.30. The van der Waals surface area contributed by atoms with Crippen molar-refractivity contribution in [3.63, 3.8) is 0 Å². The van der Waals surface area contributed by atoms with Crippen LogP contribution < -0.4 is 4.72 Å². The second-order valence-electron chi connectivity index (χ2n) is 4.01. The Morgan fingerprint density at radius 2 is 1.65 bits per heavy atom. The van der Waals surface area contributed by atoms with Gasteiger partial charge in [0.05, 0.1) is 4.90 Å². The van der Waals surface area contributed by atoms with Crippen molar-refractivity contribution in [1.29, 1.82) is 0 Å². The van der Waals surface area contributed by atoms with E-state index < -0.39 is 21.7 Å². The molecule has 3 nitrogen and oxygen atoms in total. The average Bonchev–Trinajstić information content (AvgIpc) is 2.42. The van der Waals surface area contributed by atoms with Gasteiger partial charge in [-0.1, -0.05) is 24.8 Å². The van der Waals surface area contributed by atoms with Crippen LogP contribution in [0.25, 0.3) is 6.08 Å². The summed E-state index contributed by atoms with van der Waals surface area (Å²) in [5, 5.41) is 0. The average molecular weight is 295 g/mol. The molecule has 0 heterocycles. The molecular formula is C14H11F2NO2S. The van der Waals surface area contributed by atoms with Crippen LogP contribution in [0, 0.1) is 11.6 Å². The van der Waals surface area contributed by atoms with E-state index in [4.69, 9.17) is 0 Å². The van der Waals surface area contributed by atoms with Gasteiger partial charge in [0.2, 0.25) is 0 Å². The summed E-state index contributed by atoms with van der Waals surface area (Å²) in [6, 6.07) is 8.86. The first-order valence-electron chi connectivity index (χ1n) is 5.63. The van der Waals surface area contributed by atoms with Crippen LogP contribution in [0.2, 0.25) is 0 Å². The Hall–Kier alpha value is -2.21. The van der Waals surface area contributed by atoms with Crippen LogP contribution in [0.15, 0.2) is 53.9 Å². The Labute approximate surface area is 115 Å². The highest BCUT2D eigenvalue weighted by Crippen LogP contribution is 2.18. The summed E-state index contributed by atoms with van der Waals surface area (Å²) in [7, 11) is -3.95. The number of nitrogens with one attached hydrogen (secondary N) is 1. The van der Waals surface area contributed by atoms with Gasteiger partial charge in [-0.15, -0.1) is 0 Å². The first kappa shape index (κ1) is 14.2. The zero-order valence-electron chi connectivity index (χ0n) is 10.3. The minimum atomic E-state index is -3.95. The van der Waals surface area contributed by atoms with Crippen molar-refractivity contribution in [2.24, 2.45) is 0 Å². The molecule has 0 spiro atoms. The van der Waals surface area contributed by atoms with Gasteiger partial charge in [-0.2, -0.15) is 0 Å². The smallest absolute Gasteiger partial charge is 0.261 e. The Kier molecular flexibility index (Phi) is 3.85. The summed E-state index contributed by atoms with van der Waals surface area (Å²) in [6.45, 7) is 3.58. The number of hydrogen-bond acceptors (Lipinski definition) is 2. The molecule has 104 valence electrons. The highest BCUT2D eigenvalue weighted by atomic mass is 32.2. The molecule has 0 unspecified atom stereocenters. The summed E-state index contributed by atoms with van der Waals surface area (Å²) in [5.74, 6) is -2.31. The topological polar surface area (TPSA) is 46.2 Å². The highest BCUT2D eigenvalue weighted by Gasteiger charge is 2.16. The number of halogens is 2. The van der Waals surface area contributed by atoms with Gasteiger partial charge in [0.15, 0.2) is 11.6 Å². The Bertz CT molecular complexity index is 740. The standard InChI is InChI=1S/C14H11F2NO2S/c1-2-10-3-5-11(6-4-10)17-20(18,19)12-7-8-13(15)14(16)9-12/h2-9,17H,1H2. The molecule has 20 heavy (non-hydrogen) atoms. The molecule has 0 fully saturated rings. The maximum atomic E-state index is 13.1. The fourth-order valence-corrected chi connectivity index (χ4v) is 2.62. The number of sulfonamides is 1. The molecule has 0 aliphatic heterocycles. The maximum absolute atomic E-state index is 13.1. The van der Waals surface area contributed by atoms with Gasteiger partial charge < -0.3 is 0 Å². The van der Waals surface area contributed by atoms with Crippen LogP contribution >= 0.6 is 0 Å². The number of anilines is 1.